The highest BCUT2D eigenvalue weighted by atomic mass is 16.5. The molecule has 1 heterocycles. The zero-order valence-electron chi connectivity index (χ0n) is 13.0. The second kappa shape index (κ2) is 6.74. The molecule has 0 aliphatic carbocycles. The van der Waals surface area contributed by atoms with E-state index in [4.69, 9.17) is 4.74 Å². The Morgan fingerprint density at radius 2 is 2.00 bits per heavy atom. The van der Waals surface area contributed by atoms with E-state index in [-0.39, 0.29) is 18.2 Å². The van der Waals surface area contributed by atoms with Crippen LogP contribution in [0.3, 0.4) is 0 Å². The van der Waals surface area contributed by atoms with E-state index in [9.17, 15) is 9.59 Å². The molecule has 114 valence electrons. The van der Waals surface area contributed by atoms with E-state index in [0.717, 1.165) is 5.75 Å². The molecule has 4 heteroatoms. The van der Waals surface area contributed by atoms with E-state index in [1.54, 1.807) is 29.2 Å². The van der Waals surface area contributed by atoms with Gasteiger partial charge in [0.2, 0.25) is 5.91 Å². The van der Waals surface area contributed by atoms with Gasteiger partial charge in [0.15, 0.2) is 5.78 Å². The maximum Gasteiger partial charge on any atom is 0.223 e. The van der Waals surface area contributed by atoms with E-state index in [1.807, 2.05) is 6.92 Å². The Morgan fingerprint density at radius 1 is 1.33 bits per heavy atom. The summed E-state index contributed by atoms with van der Waals surface area (Å²) in [5.41, 5.74) is 0.624. The molecule has 1 unspecified atom stereocenters. The SMILES string of the molecule is CCOc1ccc(C(=O)CN2CC(C(C)C)CC2=O)cc1. The molecule has 0 spiro atoms. The summed E-state index contributed by atoms with van der Waals surface area (Å²) in [5.74, 6) is 1.67. The molecule has 1 saturated heterocycles. The van der Waals surface area contributed by atoms with Crippen LogP contribution in [0.1, 0.15) is 37.6 Å². The maximum absolute atomic E-state index is 12.3. The highest BCUT2D eigenvalue weighted by Gasteiger charge is 2.32. The van der Waals surface area contributed by atoms with Crippen LogP contribution < -0.4 is 4.74 Å². The fourth-order valence-electron chi connectivity index (χ4n) is 2.57. The lowest BCUT2D eigenvalue weighted by atomic mass is 9.95. The summed E-state index contributed by atoms with van der Waals surface area (Å²) in [7, 11) is 0. The van der Waals surface area contributed by atoms with Crippen molar-refractivity contribution in [2.45, 2.75) is 27.2 Å². The van der Waals surface area contributed by atoms with Crippen molar-refractivity contribution in [3.8, 4) is 5.75 Å². The third kappa shape index (κ3) is 3.84. The van der Waals surface area contributed by atoms with Gasteiger partial charge in [-0.15, -0.1) is 0 Å². The topological polar surface area (TPSA) is 46.6 Å². The molecule has 1 fully saturated rings. The largest absolute Gasteiger partial charge is 0.494 e. The highest BCUT2D eigenvalue weighted by Crippen LogP contribution is 2.25. The van der Waals surface area contributed by atoms with Gasteiger partial charge >= 0.3 is 0 Å². The molecule has 4 nitrogen and oxygen atoms in total. The van der Waals surface area contributed by atoms with Gasteiger partial charge in [-0.3, -0.25) is 9.59 Å². The molecule has 1 aromatic carbocycles. The number of ketones is 1. The molecule has 0 N–H and O–H groups in total. The summed E-state index contributed by atoms with van der Waals surface area (Å²) in [6.45, 7) is 7.64. The maximum atomic E-state index is 12.3. The van der Waals surface area contributed by atoms with E-state index >= 15 is 0 Å². The summed E-state index contributed by atoms with van der Waals surface area (Å²) in [6.07, 6.45) is 0.564. The number of nitrogens with zero attached hydrogens (tertiary/aromatic N) is 1. The highest BCUT2D eigenvalue weighted by molar-refractivity contribution is 5.99. The molecule has 1 atom stereocenters. The summed E-state index contributed by atoms with van der Waals surface area (Å²) in [5, 5.41) is 0. The fourth-order valence-corrected chi connectivity index (χ4v) is 2.57. The predicted octanol–water partition coefficient (Wildman–Crippen LogP) is 2.77. The van der Waals surface area contributed by atoms with Crippen molar-refractivity contribution in [3.05, 3.63) is 29.8 Å². The first-order valence-electron chi connectivity index (χ1n) is 7.55. The van der Waals surface area contributed by atoms with Crippen LogP contribution in [-0.2, 0) is 4.79 Å². The van der Waals surface area contributed by atoms with Crippen LogP contribution in [0.5, 0.6) is 5.75 Å². The van der Waals surface area contributed by atoms with Crippen LogP contribution in [-0.4, -0.2) is 36.3 Å². The van der Waals surface area contributed by atoms with E-state index in [1.165, 1.54) is 0 Å². The van der Waals surface area contributed by atoms with Crippen molar-refractivity contribution < 1.29 is 14.3 Å². The Balaban J connectivity index is 1.96. The van der Waals surface area contributed by atoms with Crippen LogP contribution in [0.4, 0.5) is 0 Å². The van der Waals surface area contributed by atoms with Crippen LogP contribution in [0.15, 0.2) is 24.3 Å². The van der Waals surface area contributed by atoms with Gasteiger partial charge in [0.1, 0.15) is 5.75 Å². The van der Waals surface area contributed by atoms with Gasteiger partial charge in [-0.05, 0) is 43.0 Å². The molecule has 1 aliphatic rings. The molecule has 0 bridgehead atoms. The van der Waals surface area contributed by atoms with Gasteiger partial charge in [0.25, 0.3) is 0 Å². The fraction of sp³-hybridized carbons (Fsp3) is 0.529. The van der Waals surface area contributed by atoms with E-state index < -0.39 is 0 Å². The normalized spacial score (nSPS) is 18.4. The molecule has 0 radical (unpaired) electrons. The second-order valence-electron chi connectivity index (χ2n) is 5.86. The quantitative estimate of drug-likeness (QED) is 0.757. The number of hydrogen-bond acceptors (Lipinski definition) is 3. The molecular formula is C17H23NO3. The molecule has 1 aliphatic heterocycles. The Bertz CT molecular complexity index is 507. The Morgan fingerprint density at radius 3 is 2.52 bits per heavy atom. The third-order valence-electron chi connectivity index (χ3n) is 4.01. The molecule has 2 rings (SSSR count). The van der Waals surface area contributed by atoms with Gasteiger partial charge in [-0.1, -0.05) is 13.8 Å². The number of Topliss-reactive ketones (excluding diaryl/α,β-unsaturated/α-hetero) is 1. The number of hydrogen-bond donors (Lipinski definition) is 0. The lowest BCUT2D eigenvalue weighted by Crippen LogP contribution is -2.31. The van der Waals surface area contributed by atoms with Gasteiger partial charge in [0.05, 0.1) is 13.2 Å². The van der Waals surface area contributed by atoms with Crippen LogP contribution >= 0.6 is 0 Å². The number of likely N-dealkylation sites (tertiary alicyclic amines) is 1. The summed E-state index contributed by atoms with van der Waals surface area (Å²) in [4.78, 5) is 25.9. The standard InChI is InChI=1S/C17H23NO3/c1-4-21-15-7-5-13(6-8-15)16(19)11-18-10-14(12(2)3)9-17(18)20/h5-8,12,14H,4,9-11H2,1-3H3. The lowest BCUT2D eigenvalue weighted by molar-refractivity contribution is -0.127. The number of amides is 1. The van der Waals surface area contributed by atoms with Crippen molar-refractivity contribution in [2.75, 3.05) is 19.7 Å². The van der Waals surface area contributed by atoms with Gasteiger partial charge in [0, 0.05) is 18.5 Å². The molecule has 0 saturated carbocycles. The molecule has 0 aromatic heterocycles. The van der Waals surface area contributed by atoms with Gasteiger partial charge in [-0.2, -0.15) is 0 Å². The van der Waals surface area contributed by atoms with Crippen molar-refractivity contribution in [1.82, 2.24) is 4.90 Å². The van der Waals surface area contributed by atoms with E-state index in [2.05, 4.69) is 13.8 Å². The minimum atomic E-state index is -0.0178. The molecule has 1 aromatic rings. The summed E-state index contributed by atoms with van der Waals surface area (Å²) < 4.78 is 5.36. The first-order valence-corrected chi connectivity index (χ1v) is 7.55. The lowest BCUT2D eigenvalue weighted by Gasteiger charge is -2.17. The molecule has 1 amide bonds. The number of ether oxygens (including phenoxy) is 1. The average molecular weight is 289 g/mol. The number of rotatable bonds is 6. The zero-order chi connectivity index (χ0) is 15.4. The Hall–Kier alpha value is -1.84. The van der Waals surface area contributed by atoms with Crippen LogP contribution in [0.25, 0.3) is 0 Å². The van der Waals surface area contributed by atoms with Crippen molar-refractivity contribution >= 4 is 11.7 Å². The van der Waals surface area contributed by atoms with Crippen molar-refractivity contribution in [3.63, 3.8) is 0 Å². The smallest absolute Gasteiger partial charge is 0.223 e. The van der Waals surface area contributed by atoms with Crippen LogP contribution in [0, 0.1) is 11.8 Å². The molecule has 21 heavy (non-hydrogen) atoms. The number of carbonyl (C=O) groups is 2. The predicted molar refractivity (Wildman–Crippen MR) is 81.5 cm³/mol. The number of carbonyl (C=O) groups excluding carboxylic acids is 2. The minimum Gasteiger partial charge on any atom is -0.494 e. The minimum absolute atomic E-state index is 0.0178. The van der Waals surface area contributed by atoms with Gasteiger partial charge in [-0.25, -0.2) is 0 Å². The summed E-state index contributed by atoms with van der Waals surface area (Å²) >= 11 is 0. The Kier molecular flexibility index (Phi) is 4.99. The Labute approximate surface area is 126 Å². The molecular weight excluding hydrogens is 266 g/mol. The zero-order valence-corrected chi connectivity index (χ0v) is 13.0. The summed E-state index contributed by atoms with van der Waals surface area (Å²) in [6, 6.07) is 7.10. The third-order valence-corrected chi connectivity index (χ3v) is 4.01. The van der Waals surface area contributed by atoms with Gasteiger partial charge < -0.3 is 9.64 Å². The van der Waals surface area contributed by atoms with Crippen molar-refractivity contribution in [1.29, 1.82) is 0 Å². The number of benzene rings is 1. The monoisotopic (exact) mass is 289 g/mol. The van der Waals surface area contributed by atoms with E-state index in [0.29, 0.717) is 37.0 Å². The first-order chi connectivity index (χ1) is 10.0. The second-order valence-corrected chi connectivity index (χ2v) is 5.86. The first kappa shape index (κ1) is 15.5. The average Bonchev–Trinajstić information content (AvgIpc) is 2.81. The van der Waals surface area contributed by atoms with Crippen molar-refractivity contribution in [2.24, 2.45) is 11.8 Å². The van der Waals surface area contributed by atoms with Crippen LogP contribution in [0.2, 0.25) is 0 Å².